The molecule has 1 saturated heterocycles. The summed E-state index contributed by atoms with van der Waals surface area (Å²) in [5.41, 5.74) is 0.532. The highest BCUT2D eigenvalue weighted by Crippen LogP contribution is 2.32. The van der Waals surface area contributed by atoms with Crippen molar-refractivity contribution < 1.29 is 27.4 Å². The second-order valence-corrected chi connectivity index (χ2v) is 11.2. The fourth-order valence-corrected chi connectivity index (χ4v) is 5.64. The molecular weight excluding hydrogens is 471 g/mol. The van der Waals surface area contributed by atoms with Crippen LogP contribution in [0.3, 0.4) is 0 Å². The smallest absolute Gasteiger partial charge is 0.407 e. The highest BCUT2D eigenvalue weighted by atomic mass is 32.2. The maximum absolute atomic E-state index is 14.5. The van der Waals surface area contributed by atoms with E-state index in [1.165, 1.54) is 32.9 Å². The molecule has 0 aliphatic carbocycles. The first kappa shape index (κ1) is 23.4. The molecule has 3 unspecified atom stereocenters. The molecule has 0 bridgehead atoms. The minimum Gasteiger partial charge on any atom is -0.466 e. The van der Waals surface area contributed by atoms with Gasteiger partial charge in [0.15, 0.2) is 9.84 Å². The van der Waals surface area contributed by atoms with Gasteiger partial charge < -0.3 is 14.7 Å². The molecule has 0 spiro atoms. The fraction of sp³-hybridized carbons (Fsp3) is 0.476. The molecule has 9 nitrogen and oxygen atoms in total. The molecule has 1 aliphatic heterocycles. The number of rotatable bonds is 6. The number of likely N-dealkylation sites (tertiary alicyclic amines) is 1. The molecule has 2 aromatic heterocycles. The third kappa shape index (κ3) is 4.81. The summed E-state index contributed by atoms with van der Waals surface area (Å²) < 4.78 is 45.3. The number of hydrogen-bond donors (Lipinski definition) is 1. The number of benzene rings is 1. The normalized spacial score (nSPS) is 20.2. The van der Waals surface area contributed by atoms with Gasteiger partial charge in [-0.25, -0.2) is 27.1 Å². The van der Waals surface area contributed by atoms with Crippen LogP contribution in [0.4, 0.5) is 9.18 Å². The number of piperidine rings is 1. The van der Waals surface area contributed by atoms with E-state index >= 15 is 0 Å². The van der Waals surface area contributed by atoms with Crippen LogP contribution in [0.2, 0.25) is 0 Å². The van der Waals surface area contributed by atoms with Crippen molar-refractivity contribution in [2.45, 2.75) is 50.2 Å². The van der Waals surface area contributed by atoms with Gasteiger partial charge in [0.1, 0.15) is 11.9 Å². The maximum atomic E-state index is 14.5. The molecule has 0 saturated carbocycles. The molecule has 4 rings (SSSR count). The highest BCUT2D eigenvalue weighted by molar-refractivity contribution is 7.90. The van der Waals surface area contributed by atoms with Crippen molar-refractivity contribution in [2.75, 3.05) is 12.8 Å². The van der Waals surface area contributed by atoms with E-state index in [0.29, 0.717) is 22.4 Å². The van der Waals surface area contributed by atoms with E-state index in [9.17, 15) is 22.7 Å². The van der Waals surface area contributed by atoms with Crippen molar-refractivity contribution in [3.05, 3.63) is 30.2 Å². The molecule has 1 N–H and O–H groups in total. The zero-order valence-corrected chi connectivity index (χ0v) is 20.1. The quantitative estimate of drug-likeness (QED) is 0.550. The number of fused-ring (bicyclic) bond motifs is 1. The molecule has 3 atom stereocenters. The Labute approximate surface area is 194 Å². The number of hydrogen-bond acceptors (Lipinski definition) is 7. The van der Waals surface area contributed by atoms with Gasteiger partial charge in [-0.15, -0.1) is 5.10 Å². The van der Waals surface area contributed by atoms with Gasteiger partial charge in [0.05, 0.1) is 16.8 Å². The van der Waals surface area contributed by atoms with Crippen LogP contribution < -0.4 is 4.74 Å². The van der Waals surface area contributed by atoms with Crippen LogP contribution in [0.5, 0.6) is 5.19 Å². The number of aromatic nitrogens is 3. The lowest BCUT2D eigenvalue weighted by Gasteiger charge is -2.39. The van der Waals surface area contributed by atoms with Crippen LogP contribution >= 0.6 is 11.3 Å². The van der Waals surface area contributed by atoms with Gasteiger partial charge in [0, 0.05) is 24.4 Å². The van der Waals surface area contributed by atoms with E-state index in [2.05, 4.69) is 10.1 Å². The molecule has 12 heteroatoms. The lowest BCUT2D eigenvalue weighted by molar-refractivity contribution is 0.0489. The Bertz CT molecular complexity index is 1260. The Kier molecular flexibility index (Phi) is 6.32. The van der Waals surface area contributed by atoms with Crippen molar-refractivity contribution >= 4 is 32.2 Å². The zero-order valence-electron chi connectivity index (χ0n) is 18.4. The molecule has 3 heterocycles. The number of imidazole rings is 1. The predicted molar refractivity (Wildman–Crippen MR) is 121 cm³/mol. The van der Waals surface area contributed by atoms with Crippen LogP contribution in [-0.2, 0) is 9.84 Å². The Morgan fingerprint density at radius 1 is 1.42 bits per heavy atom. The Morgan fingerprint density at radius 2 is 2.18 bits per heavy atom. The van der Waals surface area contributed by atoms with E-state index in [1.807, 2.05) is 13.8 Å². The fourth-order valence-electron chi connectivity index (χ4n) is 4.20. The largest absolute Gasteiger partial charge is 0.466 e. The van der Waals surface area contributed by atoms with Crippen molar-refractivity contribution in [3.63, 3.8) is 0 Å². The SMILES string of the molecule is CCC1CC(C(C)Oc2nn3cc(-c4ccc(S(C)(=O)=O)cc4F)nc3s2)CCN1C(=O)O. The molecule has 178 valence electrons. The summed E-state index contributed by atoms with van der Waals surface area (Å²) in [5, 5.41) is 14.2. The van der Waals surface area contributed by atoms with E-state index in [4.69, 9.17) is 4.74 Å². The topological polar surface area (TPSA) is 114 Å². The third-order valence-electron chi connectivity index (χ3n) is 6.09. The van der Waals surface area contributed by atoms with Gasteiger partial charge >= 0.3 is 6.09 Å². The van der Waals surface area contributed by atoms with Gasteiger partial charge in [-0.2, -0.15) is 0 Å². The number of nitrogens with zero attached hydrogens (tertiary/aromatic N) is 4. The van der Waals surface area contributed by atoms with Crippen molar-refractivity contribution in [1.29, 1.82) is 0 Å². The second kappa shape index (κ2) is 8.90. The second-order valence-electron chi connectivity index (χ2n) is 8.28. The van der Waals surface area contributed by atoms with Gasteiger partial charge in [0.2, 0.25) is 4.96 Å². The number of carboxylic acid groups (broad SMARTS) is 1. The number of sulfone groups is 1. The minimum absolute atomic E-state index is 0.0209. The predicted octanol–water partition coefficient (Wildman–Crippen LogP) is 3.94. The average molecular weight is 497 g/mol. The van der Waals surface area contributed by atoms with E-state index < -0.39 is 21.7 Å². The third-order valence-corrected chi connectivity index (χ3v) is 8.02. The monoisotopic (exact) mass is 496 g/mol. The number of carbonyl (C=O) groups is 1. The summed E-state index contributed by atoms with van der Waals surface area (Å²) in [6.07, 6.45) is 3.78. The number of amides is 1. The van der Waals surface area contributed by atoms with Crippen LogP contribution in [0.25, 0.3) is 16.2 Å². The molecule has 33 heavy (non-hydrogen) atoms. The van der Waals surface area contributed by atoms with Crippen LogP contribution in [0.1, 0.15) is 33.1 Å². The lowest BCUT2D eigenvalue weighted by atomic mass is 9.86. The van der Waals surface area contributed by atoms with E-state index in [0.717, 1.165) is 31.6 Å². The Morgan fingerprint density at radius 3 is 2.79 bits per heavy atom. The van der Waals surface area contributed by atoms with Gasteiger partial charge in [-0.3, -0.25) is 0 Å². The van der Waals surface area contributed by atoms with Crippen molar-refractivity contribution in [2.24, 2.45) is 5.92 Å². The van der Waals surface area contributed by atoms with Crippen LogP contribution in [-0.4, -0.2) is 64.1 Å². The molecule has 1 aliphatic rings. The highest BCUT2D eigenvalue weighted by Gasteiger charge is 2.34. The van der Waals surface area contributed by atoms with Crippen LogP contribution in [0.15, 0.2) is 29.3 Å². The standard InChI is InChI=1S/C21H25FN4O5S2/c1-4-14-9-13(7-8-25(14)21(27)28)12(2)31-20-24-26-11-18(23-19(26)32-20)16-6-5-15(10-17(16)22)33(3,29)30/h5-6,10-14H,4,7-9H2,1-3H3,(H,27,28). The zero-order chi connectivity index (χ0) is 23.9. The molecule has 1 aromatic carbocycles. The summed E-state index contributed by atoms with van der Waals surface area (Å²) >= 11 is 1.23. The number of ether oxygens (including phenoxy) is 1. The average Bonchev–Trinajstić information content (AvgIpc) is 3.30. The molecule has 1 amide bonds. The Balaban J connectivity index is 1.47. The summed E-state index contributed by atoms with van der Waals surface area (Å²) in [6.45, 7) is 4.43. The summed E-state index contributed by atoms with van der Waals surface area (Å²) in [7, 11) is -3.50. The van der Waals surface area contributed by atoms with E-state index in [-0.39, 0.29) is 28.5 Å². The Hall–Kier alpha value is -2.73. The lowest BCUT2D eigenvalue weighted by Crippen LogP contribution is -2.47. The van der Waals surface area contributed by atoms with Crippen molar-refractivity contribution in [3.8, 4) is 16.5 Å². The van der Waals surface area contributed by atoms with Gasteiger partial charge in [-0.05, 0) is 61.6 Å². The molecular formula is C21H25FN4O5S2. The first-order chi connectivity index (χ1) is 15.6. The van der Waals surface area contributed by atoms with E-state index in [1.54, 1.807) is 6.20 Å². The maximum Gasteiger partial charge on any atom is 0.407 e. The first-order valence-electron chi connectivity index (χ1n) is 10.6. The number of halogens is 1. The molecule has 1 fully saturated rings. The first-order valence-corrected chi connectivity index (χ1v) is 13.3. The van der Waals surface area contributed by atoms with Crippen LogP contribution in [0, 0.1) is 11.7 Å². The van der Waals surface area contributed by atoms with Gasteiger partial charge in [-0.1, -0.05) is 6.92 Å². The summed E-state index contributed by atoms with van der Waals surface area (Å²) in [4.78, 5) is 17.7. The summed E-state index contributed by atoms with van der Waals surface area (Å²) in [5.74, 6) is -0.466. The summed E-state index contributed by atoms with van der Waals surface area (Å²) in [6, 6.07) is 3.71. The minimum atomic E-state index is -3.50. The molecule has 3 aromatic rings. The molecule has 0 radical (unpaired) electrons. The van der Waals surface area contributed by atoms with Gasteiger partial charge in [0.25, 0.3) is 5.19 Å². The van der Waals surface area contributed by atoms with Crippen molar-refractivity contribution in [1.82, 2.24) is 19.5 Å².